The standard InChI is InChI=1S/C24H16Br2N4O5S/c25-15-5-1-13(2-6-15)21-19(11-9-17(27)23(21)29(31)32)36(35)20-12-10-18(28)24(30(33)34)22(20)14-3-7-16(26)8-4-14/h1-12H,27-28H2. The zero-order valence-electron chi connectivity index (χ0n) is 18.2. The number of rotatable bonds is 6. The number of nitrogens with two attached hydrogens (primary N) is 2. The quantitative estimate of drug-likeness (QED) is 0.136. The molecule has 36 heavy (non-hydrogen) atoms. The molecule has 4 aromatic rings. The van der Waals surface area contributed by atoms with Crippen molar-refractivity contribution in [1.29, 1.82) is 0 Å². The Morgan fingerprint density at radius 2 is 0.944 bits per heavy atom. The highest BCUT2D eigenvalue weighted by molar-refractivity contribution is 9.10. The number of anilines is 2. The summed E-state index contributed by atoms with van der Waals surface area (Å²) in [5.74, 6) is 0. The Morgan fingerprint density at radius 1 is 0.611 bits per heavy atom. The molecule has 0 saturated carbocycles. The average Bonchev–Trinajstić information content (AvgIpc) is 2.83. The number of nitrogens with zero attached hydrogens (tertiary/aromatic N) is 2. The van der Waals surface area contributed by atoms with Gasteiger partial charge in [-0.1, -0.05) is 56.1 Å². The van der Waals surface area contributed by atoms with E-state index in [0.717, 1.165) is 8.95 Å². The lowest BCUT2D eigenvalue weighted by atomic mass is 10.0. The lowest BCUT2D eigenvalue weighted by Gasteiger charge is -2.15. The number of hydrogen-bond donors (Lipinski definition) is 2. The molecule has 4 aromatic carbocycles. The molecule has 4 rings (SSSR count). The maximum Gasteiger partial charge on any atom is 0.301 e. The van der Waals surface area contributed by atoms with Crippen molar-refractivity contribution in [2.45, 2.75) is 9.79 Å². The maximum atomic E-state index is 14.1. The number of halogens is 2. The molecule has 0 aliphatic rings. The van der Waals surface area contributed by atoms with E-state index in [2.05, 4.69) is 31.9 Å². The van der Waals surface area contributed by atoms with Crippen LogP contribution >= 0.6 is 31.9 Å². The van der Waals surface area contributed by atoms with Crippen LogP contribution in [0.15, 0.2) is 91.5 Å². The van der Waals surface area contributed by atoms with Crippen LogP contribution in [-0.4, -0.2) is 14.1 Å². The van der Waals surface area contributed by atoms with Gasteiger partial charge in [-0.2, -0.15) is 0 Å². The summed E-state index contributed by atoms with van der Waals surface area (Å²) < 4.78 is 15.6. The molecule has 0 heterocycles. The third-order valence-corrected chi connectivity index (χ3v) is 7.91. The number of nitrogen functional groups attached to an aromatic ring is 2. The van der Waals surface area contributed by atoms with Gasteiger partial charge < -0.3 is 11.5 Å². The van der Waals surface area contributed by atoms with E-state index in [-0.39, 0.29) is 32.3 Å². The molecule has 4 N–H and O–H groups in total. The Kier molecular flexibility index (Phi) is 7.20. The normalized spacial score (nSPS) is 11.0. The fourth-order valence-electron chi connectivity index (χ4n) is 3.79. The van der Waals surface area contributed by atoms with E-state index in [0.29, 0.717) is 11.1 Å². The van der Waals surface area contributed by atoms with Gasteiger partial charge >= 0.3 is 11.4 Å². The zero-order valence-corrected chi connectivity index (χ0v) is 22.2. The molecule has 0 saturated heterocycles. The summed E-state index contributed by atoms with van der Waals surface area (Å²) in [4.78, 5) is 22.9. The second kappa shape index (κ2) is 10.2. The van der Waals surface area contributed by atoms with Crippen molar-refractivity contribution < 1.29 is 14.1 Å². The number of nitro benzene ring substituents is 2. The fourth-order valence-corrected chi connectivity index (χ4v) is 5.74. The molecule has 0 radical (unpaired) electrons. The third kappa shape index (κ3) is 4.74. The molecule has 0 fully saturated rings. The van der Waals surface area contributed by atoms with Crippen LogP contribution in [0.1, 0.15) is 0 Å². The van der Waals surface area contributed by atoms with Crippen LogP contribution in [0.4, 0.5) is 22.7 Å². The van der Waals surface area contributed by atoms with Crippen molar-refractivity contribution in [3.8, 4) is 22.3 Å². The van der Waals surface area contributed by atoms with Gasteiger partial charge in [0, 0.05) is 8.95 Å². The molecular weight excluding hydrogens is 616 g/mol. The lowest BCUT2D eigenvalue weighted by molar-refractivity contribution is -0.383. The molecule has 0 spiro atoms. The highest BCUT2D eigenvalue weighted by Crippen LogP contribution is 2.45. The lowest BCUT2D eigenvalue weighted by Crippen LogP contribution is -2.06. The smallest absolute Gasteiger partial charge is 0.301 e. The van der Waals surface area contributed by atoms with Crippen molar-refractivity contribution in [3.05, 3.63) is 102 Å². The molecule has 12 heteroatoms. The molecule has 182 valence electrons. The van der Waals surface area contributed by atoms with E-state index in [9.17, 15) is 24.4 Å². The van der Waals surface area contributed by atoms with E-state index >= 15 is 0 Å². The molecule has 0 atom stereocenters. The molecule has 0 unspecified atom stereocenters. The van der Waals surface area contributed by atoms with Crippen LogP contribution in [0.5, 0.6) is 0 Å². The van der Waals surface area contributed by atoms with Crippen LogP contribution in [0.2, 0.25) is 0 Å². The van der Waals surface area contributed by atoms with E-state index in [1.165, 1.54) is 24.3 Å². The predicted molar refractivity (Wildman–Crippen MR) is 146 cm³/mol. The summed E-state index contributed by atoms with van der Waals surface area (Å²) in [6, 6.07) is 18.8. The van der Waals surface area contributed by atoms with Crippen molar-refractivity contribution in [3.63, 3.8) is 0 Å². The Labute approximate surface area is 224 Å². The second-order valence-electron chi connectivity index (χ2n) is 7.55. The zero-order chi connectivity index (χ0) is 26.1. The SMILES string of the molecule is Nc1ccc(S(=O)c2ccc(N)c([N+](=O)[O-])c2-c2ccc(Br)cc2)c(-c2ccc(Br)cc2)c1[N+](=O)[O-]. The minimum absolute atomic E-state index is 0.0621. The van der Waals surface area contributed by atoms with Gasteiger partial charge in [0.25, 0.3) is 0 Å². The molecule has 0 aromatic heterocycles. The van der Waals surface area contributed by atoms with Crippen LogP contribution in [0.3, 0.4) is 0 Å². The van der Waals surface area contributed by atoms with Gasteiger partial charge in [-0.25, -0.2) is 4.21 Å². The summed E-state index contributed by atoms with van der Waals surface area (Å²) >= 11 is 6.67. The number of nitro groups is 2. The summed E-state index contributed by atoms with van der Waals surface area (Å²) in [5, 5.41) is 24.0. The van der Waals surface area contributed by atoms with E-state index < -0.39 is 32.0 Å². The fraction of sp³-hybridized carbons (Fsp3) is 0. The van der Waals surface area contributed by atoms with Gasteiger partial charge in [-0.3, -0.25) is 20.2 Å². The van der Waals surface area contributed by atoms with Crippen molar-refractivity contribution in [1.82, 2.24) is 0 Å². The Bertz CT molecular complexity index is 1430. The van der Waals surface area contributed by atoms with Crippen LogP contribution in [0, 0.1) is 20.2 Å². The highest BCUT2D eigenvalue weighted by atomic mass is 79.9. The Morgan fingerprint density at radius 3 is 1.25 bits per heavy atom. The topological polar surface area (TPSA) is 155 Å². The molecular formula is C24H16Br2N4O5S. The first-order valence-electron chi connectivity index (χ1n) is 10.2. The maximum absolute atomic E-state index is 14.1. The largest absolute Gasteiger partial charge is 0.393 e. The first-order valence-corrected chi connectivity index (χ1v) is 12.9. The van der Waals surface area contributed by atoms with Gasteiger partial charge in [-0.05, 0) is 59.7 Å². The predicted octanol–water partition coefficient (Wildman–Crippen LogP) is 6.69. The van der Waals surface area contributed by atoms with Crippen molar-refractivity contribution >= 4 is 65.4 Å². The molecule has 0 aliphatic carbocycles. The minimum Gasteiger partial charge on any atom is -0.393 e. The summed E-state index contributed by atoms with van der Waals surface area (Å²) in [6.45, 7) is 0. The first-order chi connectivity index (χ1) is 17.1. The first kappa shape index (κ1) is 25.5. The molecule has 0 amide bonds. The van der Waals surface area contributed by atoms with E-state index in [1.807, 2.05) is 0 Å². The number of benzene rings is 4. The van der Waals surface area contributed by atoms with Gasteiger partial charge in [0.05, 0.1) is 41.6 Å². The highest BCUT2D eigenvalue weighted by Gasteiger charge is 2.31. The van der Waals surface area contributed by atoms with Crippen molar-refractivity contribution in [2.75, 3.05) is 11.5 Å². The molecule has 0 aliphatic heterocycles. The van der Waals surface area contributed by atoms with Gasteiger partial charge in [-0.15, -0.1) is 0 Å². The third-order valence-electron chi connectivity index (χ3n) is 5.37. The van der Waals surface area contributed by atoms with Crippen LogP contribution in [0.25, 0.3) is 22.3 Å². The van der Waals surface area contributed by atoms with Gasteiger partial charge in [0.15, 0.2) is 0 Å². The van der Waals surface area contributed by atoms with Gasteiger partial charge in [0.2, 0.25) is 0 Å². The average molecular weight is 632 g/mol. The molecule has 9 nitrogen and oxygen atoms in total. The van der Waals surface area contributed by atoms with E-state index in [4.69, 9.17) is 11.5 Å². The van der Waals surface area contributed by atoms with Crippen molar-refractivity contribution in [2.24, 2.45) is 0 Å². The van der Waals surface area contributed by atoms with Gasteiger partial charge in [0.1, 0.15) is 11.4 Å². The second-order valence-corrected chi connectivity index (χ2v) is 10.8. The Balaban J connectivity index is 2.05. The van der Waals surface area contributed by atoms with Crippen LogP contribution < -0.4 is 11.5 Å². The minimum atomic E-state index is -2.10. The number of hydrogen-bond acceptors (Lipinski definition) is 7. The summed E-state index contributed by atoms with van der Waals surface area (Å²) in [7, 11) is -2.10. The summed E-state index contributed by atoms with van der Waals surface area (Å²) in [5.41, 5.74) is 11.8. The monoisotopic (exact) mass is 630 g/mol. The van der Waals surface area contributed by atoms with E-state index in [1.54, 1.807) is 48.5 Å². The molecule has 0 bridgehead atoms. The summed E-state index contributed by atoms with van der Waals surface area (Å²) in [6.07, 6.45) is 0. The Hall–Kier alpha value is -3.61. The van der Waals surface area contributed by atoms with Crippen LogP contribution in [-0.2, 0) is 10.8 Å².